The summed E-state index contributed by atoms with van der Waals surface area (Å²) in [5.41, 5.74) is 0. The second kappa shape index (κ2) is 3.32. The van der Waals surface area contributed by atoms with Crippen molar-refractivity contribution in [1.82, 2.24) is 0 Å². The number of hydrogen-bond donors (Lipinski definition) is 0. The van der Waals surface area contributed by atoms with Gasteiger partial charge in [0, 0.05) is 0 Å². The lowest BCUT2D eigenvalue weighted by Crippen LogP contribution is -2.20. The molecule has 0 aromatic carbocycles. The normalized spacial score (nSPS) is 12.6. The van der Waals surface area contributed by atoms with Crippen LogP contribution in [0.25, 0.3) is 0 Å². The lowest BCUT2D eigenvalue weighted by atomic mass is 10.4. The zero-order valence-corrected chi connectivity index (χ0v) is 5.20. The molecule has 0 spiro atoms. The van der Waals surface area contributed by atoms with Gasteiger partial charge in [0.2, 0.25) is 0 Å². The Balaban J connectivity index is 0. The highest BCUT2D eigenvalue weighted by Gasteiger charge is 2.43. The molecule has 0 rings (SSSR count). The van der Waals surface area contributed by atoms with Crippen LogP contribution in [0.4, 0.5) is 26.3 Å². The fraction of sp³-hybridized carbons (Fsp3) is 1.00. The van der Waals surface area contributed by atoms with E-state index in [1.54, 1.807) is 0 Å². The number of halogens is 7. The van der Waals surface area contributed by atoms with Gasteiger partial charge in [0.25, 0.3) is 0 Å². The number of hydrogen-bond acceptors (Lipinski definition) is 0. The molecule has 0 N–H and O–H groups in total. The first-order valence-corrected chi connectivity index (χ1v) is 1.84. The lowest BCUT2D eigenvalue weighted by Gasteiger charge is -2.08. The van der Waals surface area contributed by atoms with Gasteiger partial charge in [0.15, 0.2) is 0 Å². The molecule has 10 heavy (non-hydrogen) atoms. The van der Waals surface area contributed by atoms with E-state index in [2.05, 4.69) is 0 Å². The van der Waals surface area contributed by atoms with Crippen LogP contribution in [0, 0.1) is 0 Å². The SMILES string of the molecule is Cl.FC(F)(F)CC(F)(F)F. The van der Waals surface area contributed by atoms with Crippen molar-refractivity contribution in [3.05, 3.63) is 0 Å². The van der Waals surface area contributed by atoms with E-state index < -0.39 is 18.8 Å². The summed E-state index contributed by atoms with van der Waals surface area (Å²) in [6.45, 7) is 0. The van der Waals surface area contributed by atoms with Crippen molar-refractivity contribution in [3.8, 4) is 0 Å². The van der Waals surface area contributed by atoms with Gasteiger partial charge in [-0.2, -0.15) is 26.3 Å². The average molecular weight is 188 g/mol. The van der Waals surface area contributed by atoms with Crippen LogP contribution in [-0.2, 0) is 0 Å². The summed E-state index contributed by atoms with van der Waals surface area (Å²) < 4.78 is 65.0. The summed E-state index contributed by atoms with van der Waals surface area (Å²) in [5, 5.41) is 0. The highest BCUT2D eigenvalue weighted by Crippen LogP contribution is 2.31. The van der Waals surface area contributed by atoms with Crippen molar-refractivity contribution in [2.75, 3.05) is 0 Å². The van der Waals surface area contributed by atoms with Crippen molar-refractivity contribution in [2.45, 2.75) is 18.8 Å². The zero-order chi connectivity index (χ0) is 7.71. The molecule has 0 aliphatic rings. The Labute approximate surface area is 58.6 Å². The Morgan fingerprint density at radius 1 is 0.700 bits per heavy atom. The predicted octanol–water partition coefficient (Wildman–Crippen LogP) is 2.92. The van der Waals surface area contributed by atoms with Gasteiger partial charge in [0.1, 0.15) is 6.42 Å². The van der Waals surface area contributed by atoms with Gasteiger partial charge in [-0.3, -0.25) is 0 Å². The zero-order valence-electron chi connectivity index (χ0n) is 4.38. The van der Waals surface area contributed by atoms with Crippen LogP contribution < -0.4 is 0 Å². The maximum absolute atomic E-state index is 10.8. The molecule has 0 saturated carbocycles. The molecule has 0 aromatic rings. The summed E-state index contributed by atoms with van der Waals surface area (Å²) in [7, 11) is 0. The van der Waals surface area contributed by atoms with Crippen LogP contribution in [0.15, 0.2) is 0 Å². The maximum Gasteiger partial charge on any atom is 0.397 e. The minimum absolute atomic E-state index is 0. The first-order chi connectivity index (χ1) is 3.71. The Morgan fingerprint density at radius 3 is 0.900 bits per heavy atom. The molecule has 0 unspecified atom stereocenters. The van der Waals surface area contributed by atoms with Gasteiger partial charge in [-0.1, -0.05) is 0 Å². The van der Waals surface area contributed by atoms with Gasteiger partial charge in [-0.05, 0) is 0 Å². The second-order valence-electron chi connectivity index (χ2n) is 1.41. The Kier molecular flexibility index (Phi) is 4.16. The Hall–Kier alpha value is -0.130. The van der Waals surface area contributed by atoms with E-state index in [9.17, 15) is 26.3 Å². The van der Waals surface area contributed by atoms with Gasteiger partial charge >= 0.3 is 12.4 Å². The van der Waals surface area contributed by atoms with E-state index in [1.807, 2.05) is 0 Å². The fourth-order valence-electron chi connectivity index (χ4n) is 0.227. The highest BCUT2D eigenvalue weighted by atomic mass is 35.5. The van der Waals surface area contributed by atoms with E-state index in [0.717, 1.165) is 0 Å². The van der Waals surface area contributed by atoms with Crippen molar-refractivity contribution in [2.24, 2.45) is 0 Å². The third-order valence-electron chi connectivity index (χ3n) is 0.401. The van der Waals surface area contributed by atoms with Gasteiger partial charge < -0.3 is 0 Å². The summed E-state index contributed by atoms with van der Waals surface area (Å²) >= 11 is 0. The molecule has 0 heterocycles. The Bertz CT molecular complexity index is 78.1. The smallest absolute Gasteiger partial charge is 0.171 e. The second-order valence-corrected chi connectivity index (χ2v) is 1.41. The Morgan fingerprint density at radius 2 is 0.900 bits per heavy atom. The van der Waals surface area contributed by atoms with E-state index in [4.69, 9.17) is 0 Å². The molecule has 0 amide bonds. The molecule has 0 nitrogen and oxygen atoms in total. The van der Waals surface area contributed by atoms with Crippen molar-refractivity contribution in [3.63, 3.8) is 0 Å². The van der Waals surface area contributed by atoms with Crippen molar-refractivity contribution < 1.29 is 26.3 Å². The third-order valence-corrected chi connectivity index (χ3v) is 0.401. The monoisotopic (exact) mass is 188 g/mol. The molecule has 7 heteroatoms. The summed E-state index contributed by atoms with van der Waals surface area (Å²) in [4.78, 5) is 0. The molecular formula is C3H3ClF6. The maximum atomic E-state index is 10.8. The van der Waals surface area contributed by atoms with Crippen LogP contribution in [-0.4, -0.2) is 12.4 Å². The molecule has 0 aromatic heterocycles. The molecule has 0 bridgehead atoms. The molecule has 64 valence electrons. The molecule has 0 fully saturated rings. The number of rotatable bonds is 0. The first-order valence-electron chi connectivity index (χ1n) is 1.84. The molecule has 0 aliphatic carbocycles. The predicted molar refractivity (Wildman–Crippen MR) is 24.0 cm³/mol. The largest absolute Gasteiger partial charge is 0.397 e. The molecule has 0 atom stereocenters. The topological polar surface area (TPSA) is 0 Å². The minimum Gasteiger partial charge on any atom is -0.171 e. The molecule has 0 saturated heterocycles. The van der Waals surface area contributed by atoms with Crippen molar-refractivity contribution in [1.29, 1.82) is 0 Å². The quantitative estimate of drug-likeness (QED) is 0.513. The van der Waals surface area contributed by atoms with Gasteiger partial charge in [-0.15, -0.1) is 12.4 Å². The fourth-order valence-corrected chi connectivity index (χ4v) is 0.227. The van der Waals surface area contributed by atoms with Gasteiger partial charge in [0.05, 0.1) is 0 Å². The van der Waals surface area contributed by atoms with E-state index in [0.29, 0.717) is 0 Å². The first kappa shape index (κ1) is 12.5. The van der Waals surface area contributed by atoms with Crippen LogP contribution in [0.3, 0.4) is 0 Å². The third kappa shape index (κ3) is 10.8. The average Bonchev–Trinajstić information content (AvgIpc) is 1.14. The lowest BCUT2D eigenvalue weighted by molar-refractivity contribution is -0.232. The van der Waals surface area contributed by atoms with Crippen LogP contribution in [0.1, 0.15) is 6.42 Å². The number of alkyl halides is 6. The molecular weight excluding hydrogens is 185 g/mol. The van der Waals surface area contributed by atoms with E-state index in [1.165, 1.54) is 0 Å². The van der Waals surface area contributed by atoms with Crippen LogP contribution in [0.5, 0.6) is 0 Å². The van der Waals surface area contributed by atoms with Crippen LogP contribution in [0.2, 0.25) is 0 Å². The minimum atomic E-state index is -5.14. The molecule has 0 radical (unpaired) electrons. The standard InChI is InChI=1S/C3H2F6.ClH/c4-2(5,6)1-3(7,8)9;/h1H2;1H. The highest BCUT2D eigenvalue weighted by molar-refractivity contribution is 5.85. The van der Waals surface area contributed by atoms with Crippen LogP contribution >= 0.6 is 12.4 Å². The summed E-state index contributed by atoms with van der Waals surface area (Å²) in [5.74, 6) is 0. The van der Waals surface area contributed by atoms with Gasteiger partial charge in [-0.25, -0.2) is 0 Å². The molecule has 0 aliphatic heterocycles. The van der Waals surface area contributed by atoms with Crippen molar-refractivity contribution >= 4 is 12.4 Å². The van der Waals surface area contributed by atoms with E-state index >= 15 is 0 Å². The summed E-state index contributed by atoms with van der Waals surface area (Å²) in [6, 6.07) is 0. The van der Waals surface area contributed by atoms with E-state index in [-0.39, 0.29) is 12.4 Å². The summed E-state index contributed by atoms with van der Waals surface area (Å²) in [6.07, 6.45) is -13.0.